The number of aryl methyl sites for hydroxylation is 1. The zero-order valence-electron chi connectivity index (χ0n) is 8.02. The molecule has 0 aromatic carbocycles. The predicted molar refractivity (Wildman–Crippen MR) is 60.6 cm³/mol. The maximum absolute atomic E-state index is 5.84. The molecule has 0 spiro atoms. The first kappa shape index (κ1) is 9.76. The molecule has 3 nitrogen and oxygen atoms in total. The summed E-state index contributed by atoms with van der Waals surface area (Å²) in [6.07, 6.45) is 1.84. The Morgan fingerprint density at radius 1 is 1.50 bits per heavy atom. The van der Waals surface area contributed by atoms with Crippen LogP contribution in [0.2, 0.25) is 0 Å². The van der Waals surface area contributed by atoms with Gasteiger partial charge in [0.15, 0.2) is 0 Å². The summed E-state index contributed by atoms with van der Waals surface area (Å²) in [6.45, 7) is 3.98. The fourth-order valence-electron chi connectivity index (χ4n) is 1.26. The van der Waals surface area contributed by atoms with Crippen molar-refractivity contribution in [2.45, 2.75) is 19.9 Å². The average Bonchev–Trinajstić information content (AvgIpc) is 2.70. The molecule has 0 bridgehead atoms. The van der Waals surface area contributed by atoms with Gasteiger partial charge in [0.05, 0.1) is 16.1 Å². The smallest absolute Gasteiger partial charge is 0.135 e. The van der Waals surface area contributed by atoms with Crippen LogP contribution in [0.15, 0.2) is 11.7 Å². The molecule has 0 radical (unpaired) electrons. The normalized spacial score (nSPS) is 13.1. The lowest BCUT2D eigenvalue weighted by Gasteiger charge is -1.99. The third-order valence-corrected chi connectivity index (χ3v) is 4.19. The van der Waals surface area contributed by atoms with Crippen LogP contribution >= 0.6 is 22.7 Å². The molecule has 0 fully saturated rings. The average molecular weight is 225 g/mol. The molecule has 1 atom stereocenters. The van der Waals surface area contributed by atoms with Crippen molar-refractivity contribution in [1.29, 1.82) is 0 Å². The van der Waals surface area contributed by atoms with E-state index < -0.39 is 0 Å². The molecule has 2 N–H and O–H groups in total. The van der Waals surface area contributed by atoms with Gasteiger partial charge in [-0.05, 0) is 13.8 Å². The summed E-state index contributed by atoms with van der Waals surface area (Å²) in [5.74, 6) is 0. The molecule has 2 aromatic heterocycles. The van der Waals surface area contributed by atoms with Gasteiger partial charge in [-0.25, -0.2) is 4.98 Å². The van der Waals surface area contributed by atoms with Crippen molar-refractivity contribution in [2.24, 2.45) is 5.73 Å². The molecule has 1 unspecified atom stereocenters. The monoisotopic (exact) mass is 225 g/mol. The van der Waals surface area contributed by atoms with E-state index in [1.807, 2.05) is 25.6 Å². The van der Waals surface area contributed by atoms with Gasteiger partial charge in [0.1, 0.15) is 5.01 Å². The predicted octanol–water partition coefficient (Wildman–Crippen LogP) is 2.59. The SMILES string of the molecule is Cc1nc(-c2cncs2)sc1C(C)N. The molecule has 0 aliphatic heterocycles. The Kier molecular flexibility index (Phi) is 2.62. The molecule has 14 heavy (non-hydrogen) atoms. The van der Waals surface area contributed by atoms with Crippen molar-refractivity contribution in [3.63, 3.8) is 0 Å². The van der Waals surface area contributed by atoms with Crippen LogP contribution in [0.25, 0.3) is 9.88 Å². The van der Waals surface area contributed by atoms with E-state index in [-0.39, 0.29) is 6.04 Å². The van der Waals surface area contributed by atoms with Gasteiger partial charge in [-0.15, -0.1) is 22.7 Å². The topological polar surface area (TPSA) is 51.8 Å². The van der Waals surface area contributed by atoms with Crippen LogP contribution in [-0.2, 0) is 0 Å². The minimum absolute atomic E-state index is 0.0640. The van der Waals surface area contributed by atoms with Gasteiger partial charge in [0, 0.05) is 17.1 Å². The molecule has 0 saturated heterocycles. The van der Waals surface area contributed by atoms with Crippen molar-refractivity contribution < 1.29 is 0 Å². The first-order valence-electron chi connectivity index (χ1n) is 4.30. The third-order valence-electron chi connectivity index (χ3n) is 1.89. The van der Waals surface area contributed by atoms with Crippen LogP contribution < -0.4 is 5.73 Å². The van der Waals surface area contributed by atoms with Gasteiger partial charge in [-0.1, -0.05) is 0 Å². The zero-order chi connectivity index (χ0) is 10.1. The molecule has 2 aromatic rings. The fraction of sp³-hybridized carbons (Fsp3) is 0.333. The summed E-state index contributed by atoms with van der Waals surface area (Å²) in [7, 11) is 0. The standard InChI is InChI=1S/C9H11N3S2/c1-5(10)8-6(2)12-9(14-8)7-3-11-4-13-7/h3-5H,10H2,1-2H3. The second kappa shape index (κ2) is 3.76. The molecule has 2 heterocycles. The zero-order valence-corrected chi connectivity index (χ0v) is 9.65. The molecule has 0 aliphatic rings. The number of aromatic nitrogens is 2. The quantitative estimate of drug-likeness (QED) is 0.854. The lowest BCUT2D eigenvalue weighted by Crippen LogP contribution is -2.03. The maximum atomic E-state index is 5.84. The highest BCUT2D eigenvalue weighted by Crippen LogP contribution is 2.32. The largest absolute Gasteiger partial charge is 0.323 e. The molecule has 0 amide bonds. The summed E-state index contributed by atoms with van der Waals surface area (Å²) >= 11 is 3.27. The van der Waals surface area contributed by atoms with Crippen LogP contribution in [0.5, 0.6) is 0 Å². The minimum atomic E-state index is 0.0640. The van der Waals surface area contributed by atoms with E-state index in [9.17, 15) is 0 Å². The molecular weight excluding hydrogens is 214 g/mol. The van der Waals surface area contributed by atoms with Crippen molar-refractivity contribution in [3.05, 3.63) is 22.3 Å². The highest BCUT2D eigenvalue weighted by molar-refractivity contribution is 7.20. The Morgan fingerprint density at radius 2 is 2.29 bits per heavy atom. The lowest BCUT2D eigenvalue weighted by molar-refractivity contribution is 0.825. The van der Waals surface area contributed by atoms with E-state index in [4.69, 9.17) is 5.73 Å². The van der Waals surface area contributed by atoms with Gasteiger partial charge in [-0.2, -0.15) is 0 Å². The second-order valence-electron chi connectivity index (χ2n) is 3.12. The van der Waals surface area contributed by atoms with Crippen molar-refractivity contribution in [3.8, 4) is 9.88 Å². The minimum Gasteiger partial charge on any atom is -0.323 e. The number of hydrogen-bond donors (Lipinski definition) is 1. The number of nitrogens with zero attached hydrogens (tertiary/aromatic N) is 2. The van der Waals surface area contributed by atoms with Crippen LogP contribution in [0.3, 0.4) is 0 Å². The van der Waals surface area contributed by atoms with E-state index in [0.717, 1.165) is 20.5 Å². The van der Waals surface area contributed by atoms with Gasteiger partial charge in [0.25, 0.3) is 0 Å². The van der Waals surface area contributed by atoms with Crippen molar-refractivity contribution >= 4 is 22.7 Å². The maximum Gasteiger partial charge on any atom is 0.135 e. The molecule has 2 rings (SSSR count). The molecule has 74 valence electrons. The van der Waals surface area contributed by atoms with Gasteiger partial charge in [0.2, 0.25) is 0 Å². The number of nitrogens with two attached hydrogens (primary N) is 1. The number of hydrogen-bond acceptors (Lipinski definition) is 5. The Hall–Kier alpha value is -0.780. The first-order valence-corrected chi connectivity index (χ1v) is 6.00. The number of rotatable bonds is 2. The summed E-state index contributed by atoms with van der Waals surface area (Å²) in [4.78, 5) is 10.8. The summed E-state index contributed by atoms with van der Waals surface area (Å²) in [5, 5.41) is 1.03. The Morgan fingerprint density at radius 3 is 2.79 bits per heavy atom. The molecular formula is C9H11N3S2. The van der Waals surface area contributed by atoms with E-state index >= 15 is 0 Å². The highest BCUT2D eigenvalue weighted by Gasteiger charge is 2.12. The first-order chi connectivity index (χ1) is 6.68. The molecule has 0 saturated carbocycles. The Labute approximate surface area is 90.6 Å². The van der Waals surface area contributed by atoms with Gasteiger partial charge < -0.3 is 5.73 Å². The summed E-state index contributed by atoms with van der Waals surface area (Å²) in [6, 6.07) is 0.0640. The van der Waals surface area contributed by atoms with Crippen molar-refractivity contribution in [2.75, 3.05) is 0 Å². The van der Waals surface area contributed by atoms with Crippen LogP contribution in [0, 0.1) is 6.92 Å². The second-order valence-corrected chi connectivity index (χ2v) is 5.04. The Bertz CT molecular complexity index is 417. The summed E-state index contributed by atoms with van der Waals surface area (Å²) < 4.78 is 0. The van der Waals surface area contributed by atoms with Gasteiger partial charge in [-0.3, -0.25) is 4.98 Å². The third kappa shape index (κ3) is 1.70. The van der Waals surface area contributed by atoms with E-state index in [1.54, 1.807) is 22.7 Å². The van der Waals surface area contributed by atoms with Crippen LogP contribution in [0.1, 0.15) is 23.5 Å². The van der Waals surface area contributed by atoms with Gasteiger partial charge >= 0.3 is 0 Å². The Balaban J connectivity index is 2.43. The van der Waals surface area contributed by atoms with E-state index in [0.29, 0.717) is 0 Å². The molecule has 0 aliphatic carbocycles. The van der Waals surface area contributed by atoms with Crippen molar-refractivity contribution in [1.82, 2.24) is 9.97 Å². The van der Waals surface area contributed by atoms with Crippen LogP contribution in [-0.4, -0.2) is 9.97 Å². The fourth-order valence-corrected chi connectivity index (χ4v) is 2.95. The van der Waals surface area contributed by atoms with E-state index in [1.165, 1.54) is 0 Å². The molecule has 5 heteroatoms. The highest BCUT2D eigenvalue weighted by atomic mass is 32.1. The summed E-state index contributed by atoms with van der Waals surface area (Å²) in [5.41, 5.74) is 8.69. The lowest BCUT2D eigenvalue weighted by atomic mass is 10.2. The number of thiazole rings is 2. The van der Waals surface area contributed by atoms with E-state index in [2.05, 4.69) is 9.97 Å². The van der Waals surface area contributed by atoms with Crippen LogP contribution in [0.4, 0.5) is 0 Å².